The average Bonchev–Trinajstić information content (AvgIpc) is 3.20. The number of benzene rings is 1. The van der Waals surface area contributed by atoms with Gasteiger partial charge >= 0.3 is 0 Å². The molecular formula is C18H20FN3O3. The van der Waals surface area contributed by atoms with E-state index in [0.29, 0.717) is 43.6 Å². The topological polar surface area (TPSA) is 68.5 Å². The van der Waals surface area contributed by atoms with Gasteiger partial charge in [-0.15, -0.1) is 0 Å². The maximum Gasteiger partial charge on any atom is 0.232 e. The van der Waals surface area contributed by atoms with E-state index in [0.717, 1.165) is 0 Å². The minimum Gasteiger partial charge on any atom is -0.380 e. The van der Waals surface area contributed by atoms with Gasteiger partial charge in [-0.25, -0.2) is 4.39 Å². The van der Waals surface area contributed by atoms with Crippen molar-refractivity contribution in [3.05, 3.63) is 47.4 Å². The number of likely N-dealkylation sites (tertiary alicyclic amines) is 1. The third-order valence-corrected chi connectivity index (χ3v) is 5.10. The lowest BCUT2D eigenvalue weighted by atomic mass is 9.83. The zero-order valence-electron chi connectivity index (χ0n) is 14.0. The van der Waals surface area contributed by atoms with Crippen molar-refractivity contribution in [1.82, 2.24) is 15.0 Å². The second kappa shape index (κ2) is 6.55. The summed E-state index contributed by atoms with van der Waals surface area (Å²) >= 11 is 0. The molecule has 6 nitrogen and oxygen atoms in total. The van der Waals surface area contributed by atoms with E-state index in [4.69, 9.17) is 9.26 Å². The predicted octanol–water partition coefficient (Wildman–Crippen LogP) is 1.95. The number of hydrogen-bond donors (Lipinski definition) is 0. The fourth-order valence-corrected chi connectivity index (χ4v) is 3.85. The molecule has 0 unspecified atom stereocenters. The van der Waals surface area contributed by atoms with Crippen LogP contribution in [0.3, 0.4) is 0 Å². The van der Waals surface area contributed by atoms with Crippen LogP contribution in [0.25, 0.3) is 0 Å². The van der Waals surface area contributed by atoms with Gasteiger partial charge in [0.2, 0.25) is 11.8 Å². The predicted molar refractivity (Wildman–Crippen MR) is 86.3 cm³/mol. The molecule has 0 saturated carbocycles. The molecule has 0 spiro atoms. The monoisotopic (exact) mass is 345 g/mol. The fraction of sp³-hybridized carbons (Fsp3) is 0.500. The van der Waals surface area contributed by atoms with Gasteiger partial charge in [-0.05, 0) is 30.5 Å². The van der Waals surface area contributed by atoms with E-state index in [-0.39, 0.29) is 35.9 Å². The average molecular weight is 345 g/mol. The van der Waals surface area contributed by atoms with E-state index in [1.165, 1.54) is 12.1 Å². The van der Waals surface area contributed by atoms with Crippen molar-refractivity contribution in [2.24, 2.45) is 11.8 Å². The van der Waals surface area contributed by atoms with Gasteiger partial charge in [-0.1, -0.05) is 17.3 Å². The van der Waals surface area contributed by atoms with Gasteiger partial charge in [0, 0.05) is 19.0 Å². The van der Waals surface area contributed by atoms with Crippen LogP contribution in [0.4, 0.5) is 4.39 Å². The quantitative estimate of drug-likeness (QED) is 0.850. The second-order valence-electron chi connectivity index (χ2n) is 6.85. The minimum absolute atomic E-state index is 0.0143. The zero-order valence-corrected chi connectivity index (χ0v) is 14.0. The highest BCUT2D eigenvalue weighted by Crippen LogP contribution is 2.39. The molecule has 1 amide bonds. The van der Waals surface area contributed by atoms with Gasteiger partial charge in [0.05, 0.1) is 25.6 Å². The lowest BCUT2D eigenvalue weighted by Crippen LogP contribution is -2.33. The van der Waals surface area contributed by atoms with E-state index in [1.807, 2.05) is 4.90 Å². The highest BCUT2D eigenvalue weighted by Gasteiger charge is 2.44. The van der Waals surface area contributed by atoms with Crippen molar-refractivity contribution >= 4 is 5.91 Å². The number of carbonyl (C=O) groups excluding carboxylic acids is 1. The maximum absolute atomic E-state index is 13.3. The maximum atomic E-state index is 13.3. The van der Waals surface area contributed by atoms with Crippen LogP contribution in [0.2, 0.25) is 0 Å². The molecule has 25 heavy (non-hydrogen) atoms. The van der Waals surface area contributed by atoms with Crippen molar-refractivity contribution < 1.29 is 18.4 Å². The van der Waals surface area contributed by atoms with Crippen LogP contribution in [0.15, 0.2) is 28.8 Å². The summed E-state index contributed by atoms with van der Waals surface area (Å²) < 4.78 is 24.3. The third kappa shape index (κ3) is 3.28. The van der Waals surface area contributed by atoms with Gasteiger partial charge in [0.15, 0.2) is 5.82 Å². The van der Waals surface area contributed by atoms with Gasteiger partial charge < -0.3 is 14.2 Å². The van der Waals surface area contributed by atoms with Crippen molar-refractivity contribution in [2.75, 3.05) is 26.3 Å². The lowest BCUT2D eigenvalue weighted by Gasteiger charge is -2.30. The number of aromatic nitrogens is 2. The Labute approximate surface area is 145 Å². The van der Waals surface area contributed by atoms with E-state index in [2.05, 4.69) is 10.1 Å². The summed E-state index contributed by atoms with van der Waals surface area (Å²) in [6.45, 7) is 4.26. The van der Waals surface area contributed by atoms with Gasteiger partial charge in [0.25, 0.3) is 0 Å². The summed E-state index contributed by atoms with van der Waals surface area (Å²) in [6.07, 6.45) is 0.211. The first kappa shape index (κ1) is 16.2. The number of carbonyl (C=O) groups is 1. The van der Waals surface area contributed by atoms with Crippen molar-refractivity contribution in [3.8, 4) is 0 Å². The number of amides is 1. The first-order valence-corrected chi connectivity index (χ1v) is 8.50. The Morgan fingerprint density at radius 3 is 3.00 bits per heavy atom. The highest BCUT2D eigenvalue weighted by molar-refractivity contribution is 5.79. The molecular weight excluding hydrogens is 325 g/mol. The first-order valence-electron chi connectivity index (χ1n) is 8.50. The molecule has 2 fully saturated rings. The van der Waals surface area contributed by atoms with Crippen LogP contribution < -0.4 is 0 Å². The molecule has 0 bridgehead atoms. The molecule has 0 aliphatic carbocycles. The van der Waals surface area contributed by atoms with Crippen LogP contribution >= 0.6 is 0 Å². The van der Waals surface area contributed by atoms with Crippen LogP contribution in [-0.4, -0.2) is 47.3 Å². The zero-order chi connectivity index (χ0) is 17.4. The molecule has 2 saturated heterocycles. The summed E-state index contributed by atoms with van der Waals surface area (Å²) in [5.74, 6) is 1.43. The van der Waals surface area contributed by atoms with E-state index in [9.17, 15) is 9.18 Å². The standard InChI is InChI=1S/C18H20FN3O3/c1-11-20-18(25-21-11)16-10-24-9-13-7-22(8-15(13)16)17(23)6-12-3-2-4-14(19)5-12/h2-5,13,15-16H,6-10H2,1H3/t13-,15-,16+/m0/s1. The first-order chi connectivity index (χ1) is 12.1. The van der Waals surface area contributed by atoms with E-state index >= 15 is 0 Å². The van der Waals surface area contributed by atoms with E-state index in [1.54, 1.807) is 19.1 Å². The SMILES string of the molecule is Cc1noc([C@@H]2COC[C@@H]3CN(C(=O)Cc4cccc(F)c4)C[C@@H]32)n1. The summed E-state index contributed by atoms with van der Waals surface area (Å²) in [4.78, 5) is 18.8. The van der Waals surface area contributed by atoms with Gasteiger partial charge in [-0.3, -0.25) is 4.79 Å². The number of fused-ring (bicyclic) bond motifs is 1. The Morgan fingerprint density at radius 1 is 1.36 bits per heavy atom. The molecule has 7 heteroatoms. The van der Waals surface area contributed by atoms with Crippen molar-refractivity contribution in [2.45, 2.75) is 19.3 Å². The summed E-state index contributed by atoms with van der Waals surface area (Å²) in [5.41, 5.74) is 0.695. The molecule has 2 aromatic rings. The molecule has 4 rings (SSSR count). The van der Waals surface area contributed by atoms with Crippen LogP contribution in [0.1, 0.15) is 23.2 Å². The Balaban J connectivity index is 1.46. The highest BCUT2D eigenvalue weighted by atomic mass is 19.1. The fourth-order valence-electron chi connectivity index (χ4n) is 3.85. The second-order valence-corrected chi connectivity index (χ2v) is 6.85. The third-order valence-electron chi connectivity index (χ3n) is 5.10. The normalized spacial score (nSPS) is 25.8. The minimum atomic E-state index is -0.319. The van der Waals surface area contributed by atoms with Crippen molar-refractivity contribution in [1.29, 1.82) is 0 Å². The Morgan fingerprint density at radius 2 is 2.24 bits per heavy atom. The number of aryl methyl sites for hydroxylation is 1. The lowest BCUT2D eigenvalue weighted by molar-refractivity contribution is -0.129. The smallest absolute Gasteiger partial charge is 0.232 e. The molecule has 1 aromatic heterocycles. The van der Waals surface area contributed by atoms with Crippen molar-refractivity contribution in [3.63, 3.8) is 0 Å². The number of nitrogens with zero attached hydrogens (tertiary/aromatic N) is 3. The van der Waals surface area contributed by atoms with Crippen LogP contribution in [0.5, 0.6) is 0 Å². The van der Waals surface area contributed by atoms with Gasteiger partial charge in [-0.2, -0.15) is 4.98 Å². The molecule has 132 valence electrons. The molecule has 2 aliphatic heterocycles. The largest absolute Gasteiger partial charge is 0.380 e. The molecule has 3 atom stereocenters. The van der Waals surface area contributed by atoms with Crippen LogP contribution in [0, 0.1) is 24.6 Å². The van der Waals surface area contributed by atoms with Gasteiger partial charge in [0.1, 0.15) is 5.82 Å². The molecule has 1 aromatic carbocycles. The van der Waals surface area contributed by atoms with Crippen LogP contribution in [-0.2, 0) is 16.0 Å². The number of hydrogen-bond acceptors (Lipinski definition) is 5. The molecule has 2 aliphatic rings. The molecule has 0 N–H and O–H groups in total. The number of ether oxygens (including phenoxy) is 1. The Kier molecular flexibility index (Phi) is 4.25. The summed E-state index contributed by atoms with van der Waals surface area (Å²) in [5, 5.41) is 3.87. The summed E-state index contributed by atoms with van der Waals surface area (Å²) in [6, 6.07) is 6.20. The number of rotatable bonds is 3. The molecule has 0 radical (unpaired) electrons. The van der Waals surface area contributed by atoms with E-state index < -0.39 is 0 Å². The Hall–Kier alpha value is -2.28. The molecule has 3 heterocycles. The Bertz CT molecular complexity index is 778. The number of halogens is 1. The summed E-state index contributed by atoms with van der Waals surface area (Å²) in [7, 11) is 0.